The summed E-state index contributed by atoms with van der Waals surface area (Å²) in [6, 6.07) is 4.00. The van der Waals surface area contributed by atoms with E-state index in [0.29, 0.717) is 28.5 Å². The molecule has 1 aliphatic heterocycles. The lowest BCUT2D eigenvalue weighted by Gasteiger charge is -2.16. The number of hydrogen-bond donors (Lipinski definition) is 3. The second-order valence-corrected chi connectivity index (χ2v) is 5.06. The number of aromatic nitrogens is 2. The molecule has 3 rings (SSSR count). The van der Waals surface area contributed by atoms with Gasteiger partial charge < -0.3 is 20.4 Å². The van der Waals surface area contributed by atoms with Crippen molar-refractivity contribution in [1.29, 1.82) is 0 Å². The first-order valence-corrected chi connectivity index (χ1v) is 6.73. The van der Waals surface area contributed by atoms with Crippen LogP contribution in [0.25, 0.3) is 10.9 Å². The SMILES string of the molecule is COc1cc2c(=O)[nH]c(C)nc2cc1NC1CCNC1. The van der Waals surface area contributed by atoms with Crippen molar-refractivity contribution in [3.63, 3.8) is 0 Å². The third-order valence-electron chi connectivity index (χ3n) is 3.56. The number of nitrogens with zero attached hydrogens (tertiary/aromatic N) is 1. The Hall–Kier alpha value is -2.08. The predicted molar refractivity (Wildman–Crippen MR) is 78.6 cm³/mol. The Morgan fingerprint density at radius 2 is 2.30 bits per heavy atom. The molecule has 2 aromatic rings. The molecule has 1 saturated heterocycles. The van der Waals surface area contributed by atoms with Crippen molar-refractivity contribution in [2.45, 2.75) is 19.4 Å². The molecule has 0 spiro atoms. The highest BCUT2D eigenvalue weighted by molar-refractivity contribution is 5.85. The Labute approximate surface area is 116 Å². The fraction of sp³-hybridized carbons (Fsp3) is 0.429. The summed E-state index contributed by atoms with van der Waals surface area (Å²) in [6.45, 7) is 3.73. The summed E-state index contributed by atoms with van der Waals surface area (Å²) < 4.78 is 5.39. The minimum atomic E-state index is -0.139. The van der Waals surface area contributed by atoms with Crippen molar-refractivity contribution in [3.8, 4) is 5.75 Å². The molecule has 1 aromatic carbocycles. The van der Waals surface area contributed by atoms with Gasteiger partial charge in [-0.05, 0) is 32.0 Å². The van der Waals surface area contributed by atoms with Gasteiger partial charge in [-0.1, -0.05) is 0 Å². The predicted octanol–water partition coefficient (Wildman–Crippen LogP) is 1.01. The normalized spacial score (nSPS) is 18.4. The second kappa shape index (κ2) is 5.13. The largest absolute Gasteiger partial charge is 0.495 e. The molecule has 6 nitrogen and oxygen atoms in total. The van der Waals surface area contributed by atoms with Crippen LogP contribution in [0.5, 0.6) is 5.75 Å². The van der Waals surface area contributed by atoms with Crippen molar-refractivity contribution in [2.75, 3.05) is 25.5 Å². The van der Waals surface area contributed by atoms with Crippen LogP contribution < -0.4 is 20.9 Å². The number of hydrogen-bond acceptors (Lipinski definition) is 5. The summed E-state index contributed by atoms with van der Waals surface area (Å²) in [5.41, 5.74) is 1.42. The number of methoxy groups -OCH3 is 1. The minimum Gasteiger partial charge on any atom is -0.495 e. The molecule has 20 heavy (non-hydrogen) atoms. The number of H-pyrrole nitrogens is 1. The van der Waals surface area contributed by atoms with Gasteiger partial charge in [0.1, 0.15) is 11.6 Å². The van der Waals surface area contributed by atoms with Crippen LogP contribution in [0, 0.1) is 6.92 Å². The van der Waals surface area contributed by atoms with Gasteiger partial charge in [0, 0.05) is 12.6 Å². The van der Waals surface area contributed by atoms with E-state index in [0.717, 1.165) is 25.2 Å². The topological polar surface area (TPSA) is 79.0 Å². The maximum atomic E-state index is 11.9. The summed E-state index contributed by atoms with van der Waals surface area (Å²) in [7, 11) is 1.61. The van der Waals surface area contributed by atoms with Gasteiger partial charge in [-0.15, -0.1) is 0 Å². The van der Waals surface area contributed by atoms with E-state index < -0.39 is 0 Å². The molecular weight excluding hydrogens is 256 g/mol. The van der Waals surface area contributed by atoms with Crippen molar-refractivity contribution in [1.82, 2.24) is 15.3 Å². The van der Waals surface area contributed by atoms with Crippen LogP contribution >= 0.6 is 0 Å². The van der Waals surface area contributed by atoms with Gasteiger partial charge in [-0.3, -0.25) is 4.79 Å². The molecule has 1 unspecified atom stereocenters. The molecule has 0 saturated carbocycles. The first kappa shape index (κ1) is 12.9. The standard InChI is InChI=1S/C14H18N4O2/c1-8-16-11-6-12(18-9-3-4-15-7-9)13(20-2)5-10(11)14(19)17-8/h5-6,9,15,18H,3-4,7H2,1-2H3,(H,16,17,19). The van der Waals surface area contributed by atoms with E-state index in [2.05, 4.69) is 20.6 Å². The number of rotatable bonds is 3. The van der Waals surface area contributed by atoms with Gasteiger partial charge in [-0.2, -0.15) is 0 Å². The number of aromatic amines is 1. The maximum Gasteiger partial charge on any atom is 0.258 e. The Morgan fingerprint density at radius 3 is 3.00 bits per heavy atom. The second-order valence-electron chi connectivity index (χ2n) is 5.06. The van der Waals surface area contributed by atoms with Crippen LogP contribution in [-0.4, -0.2) is 36.2 Å². The molecule has 2 heterocycles. The zero-order chi connectivity index (χ0) is 14.1. The van der Waals surface area contributed by atoms with E-state index in [-0.39, 0.29) is 5.56 Å². The quantitative estimate of drug-likeness (QED) is 0.778. The van der Waals surface area contributed by atoms with Crippen LogP contribution in [0.3, 0.4) is 0 Å². The number of benzene rings is 1. The Bertz CT molecular complexity index is 689. The fourth-order valence-corrected chi connectivity index (χ4v) is 2.56. The summed E-state index contributed by atoms with van der Waals surface area (Å²) >= 11 is 0. The van der Waals surface area contributed by atoms with Crippen molar-refractivity contribution in [3.05, 3.63) is 28.3 Å². The van der Waals surface area contributed by atoms with Gasteiger partial charge in [0.15, 0.2) is 0 Å². The van der Waals surface area contributed by atoms with Crippen molar-refractivity contribution >= 4 is 16.6 Å². The molecule has 0 amide bonds. The first-order chi connectivity index (χ1) is 9.67. The smallest absolute Gasteiger partial charge is 0.258 e. The summed E-state index contributed by atoms with van der Waals surface area (Å²) in [5.74, 6) is 1.28. The maximum absolute atomic E-state index is 11.9. The number of anilines is 1. The molecule has 3 N–H and O–H groups in total. The lowest BCUT2D eigenvalue weighted by Crippen LogP contribution is -2.22. The zero-order valence-corrected chi connectivity index (χ0v) is 11.6. The van der Waals surface area contributed by atoms with Gasteiger partial charge in [0.05, 0.1) is 23.7 Å². The van der Waals surface area contributed by atoms with Crippen molar-refractivity contribution < 1.29 is 4.74 Å². The number of aryl methyl sites for hydroxylation is 1. The van der Waals surface area contributed by atoms with E-state index in [4.69, 9.17) is 4.74 Å². The van der Waals surface area contributed by atoms with Gasteiger partial charge in [0.2, 0.25) is 0 Å². The molecular formula is C14H18N4O2. The molecule has 0 radical (unpaired) electrons. The Balaban J connectivity index is 2.08. The molecule has 1 fully saturated rings. The molecule has 0 aliphatic carbocycles. The number of nitrogens with one attached hydrogen (secondary N) is 3. The van der Waals surface area contributed by atoms with Crippen LogP contribution in [0.15, 0.2) is 16.9 Å². The van der Waals surface area contributed by atoms with E-state index in [1.807, 2.05) is 6.07 Å². The Kier molecular flexibility index (Phi) is 3.31. The highest BCUT2D eigenvalue weighted by atomic mass is 16.5. The molecule has 6 heteroatoms. The highest BCUT2D eigenvalue weighted by Crippen LogP contribution is 2.29. The minimum absolute atomic E-state index is 0.139. The summed E-state index contributed by atoms with van der Waals surface area (Å²) in [6.07, 6.45) is 1.07. The molecule has 0 bridgehead atoms. The lowest BCUT2D eigenvalue weighted by molar-refractivity contribution is 0.416. The Morgan fingerprint density at radius 1 is 1.45 bits per heavy atom. The monoisotopic (exact) mass is 274 g/mol. The highest BCUT2D eigenvalue weighted by Gasteiger charge is 2.17. The van der Waals surface area contributed by atoms with Crippen LogP contribution in [0.1, 0.15) is 12.2 Å². The lowest BCUT2D eigenvalue weighted by atomic mass is 10.1. The van der Waals surface area contributed by atoms with Crippen molar-refractivity contribution in [2.24, 2.45) is 0 Å². The van der Waals surface area contributed by atoms with Gasteiger partial charge in [0.25, 0.3) is 5.56 Å². The van der Waals surface area contributed by atoms with E-state index in [1.54, 1.807) is 20.1 Å². The summed E-state index contributed by atoms with van der Waals surface area (Å²) in [4.78, 5) is 19.0. The average Bonchev–Trinajstić information content (AvgIpc) is 2.91. The average molecular weight is 274 g/mol. The van der Waals surface area contributed by atoms with Crippen LogP contribution in [0.2, 0.25) is 0 Å². The third-order valence-corrected chi connectivity index (χ3v) is 3.56. The number of ether oxygens (including phenoxy) is 1. The number of fused-ring (bicyclic) bond motifs is 1. The van der Waals surface area contributed by atoms with E-state index >= 15 is 0 Å². The third kappa shape index (κ3) is 2.34. The molecule has 1 atom stereocenters. The summed E-state index contributed by atoms with van der Waals surface area (Å²) in [5, 5.41) is 7.31. The van der Waals surface area contributed by atoms with E-state index in [1.165, 1.54) is 0 Å². The molecule has 106 valence electrons. The molecule has 1 aliphatic rings. The first-order valence-electron chi connectivity index (χ1n) is 6.73. The van der Waals surface area contributed by atoms with Crippen LogP contribution in [0.4, 0.5) is 5.69 Å². The zero-order valence-electron chi connectivity index (χ0n) is 11.6. The van der Waals surface area contributed by atoms with Gasteiger partial charge in [-0.25, -0.2) is 4.98 Å². The fourth-order valence-electron chi connectivity index (χ4n) is 2.56. The molecule has 1 aromatic heterocycles. The van der Waals surface area contributed by atoms with E-state index in [9.17, 15) is 4.79 Å². The van der Waals surface area contributed by atoms with Gasteiger partial charge >= 0.3 is 0 Å². The van der Waals surface area contributed by atoms with Crippen LogP contribution in [-0.2, 0) is 0 Å².